The highest BCUT2D eigenvalue weighted by Gasteiger charge is 2.16. The first kappa shape index (κ1) is 16.0. The van der Waals surface area contributed by atoms with Crippen molar-refractivity contribution in [2.45, 2.75) is 25.8 Å². The molecule has 1 heterocycles. The van der Waals surface area contributed by atoms with Gasteiger partial charge in [-0.25, -0.2) is 0 Å². The van der Waals surface area contributed by atoms with Gasteiger partial charge in [-0.05, 0) is 50.0 Å². The van der Waals surface area contributed by atoms with E-state index < -0.39 is 0 Å². The van der Waals surface area contributed by atoms with Gasteiger partial charge in [-0.3, -0.25) is 4.79 Å². The zero-order chi connectivity index (χ0) is 15.1. The number of ether oxygens (including phenoxy) is 1. The molecule has 1 aliphatic heterocycles. The normalized spacial score (nSPS) is 18.7. The van der Waals surface area contributed by atoms with Crippen molar-refractivity contribution in [3.8, 4) is 0 Å². The SMILES string of the molecule is COC(=O)Cc1ccccc1CN(C)CC1CCCNC1. The van der Waals surface area contributed by atoms with E-state index >= 15 is 0 Å². The fraction of sp³-hybridized carbons (Fsp3) is 0.588. The number of carbonyl (C=O) groups excluding carboxylic acids is 1. The van der Waals surface area contributed by atoms with Crippen LogP contribution in [-0.4, -0.2) is 44.7 Å². The molecule has 1 fully saturated rings. The Morgan fingerprint density at radius 2 is 2.14 bits per heavy atom. The summed E-state index contributed by atoms with van der Waals surface area (Å²) in [5, 5.41) is 3.46. The van der Waals surface area contributed by atoms with E-state index in [2.05, 4.69) is 23.3 Å². The Morgan fingerprint density at radius 3 is 2.81 bits per heavy atom. The van der Waals surface area contributed by atoms with Gasteiger partial charge in [-0.1, -0.05) is 24.3 Å². The summed E-state index contributed by atoms with van der Waals surface area (Å²) >= 11 is 0. The second-order valence-corrected chi connectivity index (χ2v) is 5.93. The van der Waals surface area contributed by atoms with Gasteiger partial charge in [0.1, 0.15) is 0 Å². The first-order valence-corrected chi connectivity index (χ1v) is 7.72. The number of rotatable bonds is 6. The number of benzene rings is 1. The van der Waals surface area contributed by atoms with Crippen LogP contribution in [0.4, 0.5) is 0 Å². The molecule has 4 nitrogen and oxygen atoms in total. The maximum atomic E-state index is 11.5. The molecule has 1 N–H and O–H groups in total. The number of nitrogens with zero attached hydrogens (tertiary/aromatic N) is 1. The van der Waals surface area contributed by atoms with E-state index in [4.69, 9.17) is 4.74 Å². The Labute approximate surface area is 127 Å². The molecule has 0 radical (unpaired) electrons. The zero-order valence-electron chi connectivity index (χ0n) is 13.1. The maximum absolute atomic E-state index is 11.5. The molecule has 116 valence electrons. The molecule has 4 heteroatoms. The topological polar surface area (TPSA) is 41.6 Å². The van der Waals surface area contributed by atoms with Crippen molar-refractivity contribution in [1.82, 2.24) is 10.2 Å². The number of esters is 1. The number of carbonyl (C=O) groups is 1. The molecule has 0 aromatic heterocycles. The smallest absolute Gasteiger partial charge is 0.309 e. The zero-order valence-corrected chi connectivity index (χ0v) is 13.1. The van der Waals surface area contributed by atoms with E-state index in [0.29, 0.717) is 6.42 Å². The summed E-state index contributed by atoms with van der Waals surface area (Å²) in [4.78, 5) is 13.8. The van der Waals surface area contributed by atoms with Crippen molar-refractivity contribution in [3.05, 3.63) is 35.4 Å². The lowest BCUT2D eigenvalue weighted by Gasteiger charge is -2.28. The van der Waals surface area contributed by atoms with Crippen LogP contribution in [0, 0.1) is 5.92 Å². The Kier molecular flexibility index (Phi) is 6.21. The minimum atomic E-state index is -0.179. The molecule has 0 spiro atoms. The van der Waals surface area contributed by atoms with Gasteiger partial charge in [0.2, 0.25) is 0 Å². The highest BCUT2D eigenvalue weighted by Crippen LogP contribution is 2.16. The van der Waals surface area contributed by atoms with Crippen LogP contribution in [0.25, 0.3) is 0 Å². The van der Waals surface area contributed by atoms with Crippen LogP contribution in [0.5, 0.6) is 0 Å². The van der Waals surface area contributed by atoms with Crippen molar-refractivity contribution in [2.75, 3.05) is 33.8 Å². The molecular formula is C17H26N2O2. The van der Waals surface area contributed by atoms with Gasteiger partial charge in [0.25, 0.3) is 0 Å². The molecule has 1 saturated heterocycles. The van der Waals surface area contributed by atoms with Gasteiger partial charge in [0.05, 0.1) is 13.5 Å². The number of piperidine rings is 1. The van der Waals surface area contributed by atoms with E-state index in [1.165, 1.54) is 25.5 Å². The van der Waals surface area contributed by atoms with Crippen molar-refractivity contribution in [2.24, 2.45) is 5.92 Å². The second kappa shape index (κ2) is 8.15. The van der Waals surface area contributed by atoms with Gasteiger partial charge >= 0.3 is 5.97 Å². The molecular weight excluding hydrogens is 264 g/mol. The summed E-state index contributed by atoms with van der Waals surface area (Å²) in [5.41, 5.74) is 2.28. The average molecular weight is 290 g/mol. The van der Waals surface area contributed by atoms with Crippen LogP contribution in [0.2, 0.25) is 0 Å². The highest BCUT2D eigenvalue weighted by molar-refractivity contribution is 5.72. The minimum absolute atomic E-state index is 0.179. The van der Waals surface area contributed by atoms with Gasteiger partial charge < -0.3 is 15.0 Å². The Hall–Kier alpha value is -1.39. The van der Waals surface area contributed by atoms with E-state index in [-0.39, 0.29) is 5.97 Å². The standard InChI is InChI=1S/C17H26N2O2/c1-19(12-14-6-5-9-18-11-14)13-16-8-4-3-7-15(16)10-17(20)21-2/h3-4,7-8,14,18H,5-6,9-13H2,1-2H3. The monoisotopic (exact) mass is 290 g/mol. The third-order valence-corrected chi connectivity index (χ3v) is 4.09. The van der Waals surface area contributed by atoms with Crippen LogP contribution < -0.4 is 5.32 Å². The average Bonchev–Trinajstić information content (AvgIpc) is 2.50. The van der Waals surface area contributed by atoms with Crippen molar-refractivity contribution in [3.63, 3.8) is 0 Å². The van der Waals surface area contributed by atoms with E-state index in [1.54, 1.807) is 0 Å². The van der Waals surface area contributed by atoms with Crippen LogP contribution in [-0.2, 0) is 22.5 Å². The predicted octanol–water partition coefficient (Wildman–Crippen LogP) is 1.83. The maximum Gasteiger partial charge on any atom is 0.309 e. The molecule has 0 bridgehead atoms. The largest absolute Gasteiger partial charge is 0.469 e. The van der Waals surface area contributed by atoms with Crippen LogP contribution >= 0.6 is 0 Å². The van der Waals surface area contributed by atoms with Crippen molar-refractivity contribution >= 4 is 5.97 Å². The fourth-order valence-corrected chi connectivity index (χ4v) is 2.99. The number of hydrogen-bond acceptors (Lipinski definition) is 4. The summed E-state index contributed by atoms with van der Waals surface area (Å²) < 4.78 is 4.77. The fourth-order valence-electron chi connectivity index (χ4n) is 2.99. The van der Waals surface area contributed by atoms with Gasteiger partial charge in [0, 0.05) is 13.1 Å². The summed E-state index contributed by atoms with van der Waals surface area (Å²) in [6.45, 7) is 4.25. The third-order valence-electron chi connectivity index (χ3n) is 4.09. The quantitative estimate of drug-likeness (QED) is 0.812. The summed E-state index contributed by atoms with van der Waals surface area (Å²) in [6.07, 6.45) is 2.93. The molecule has 1 aliphatic rings. The molecule has 0 aliphatic carbocycles. The second-order valence-electron chi connectivity index (χ2n) is 5.93. The molecule has 1 aromatic carbocycles. The Bertz CT molecular complexity index is 456. The molecule has 1 unspecified atom stereocenters. The summed E-state index contributed by atoms with van der Waals surface area (Å²) in [7, 11) is 3.59. The highest BCUT2D eigenvalue weighted by atomic mass is 16.5. The lowest BCUT2D eigenvalue weighted by molar-refractivity contribution is -0.139. The lowest BCUT2D eigenvalue weighted by Crippen LogP contribution is -2.36. The molecule has 21 heavy (non-hydrogen) atoms. The van der Waals surface area contributed by atoms with E-state index in [9.17, 15) is 4.79 Å². The number of hydrogen-bond donors (Lipinski definition) is 1. The lowest BCUT2D eigenvalue weighted by atomic mass is 9.98. The van der Waals surface area contributed by atoms with E-state index in [0.717, 1.165) is 37.7 Å². The first-order chi connectivity index (χ1) is 10.2. The first-order valence-electron chi connectivity index (χ1n) is 7.72. The third kappa shape index (κ3) is 5.14. The molecule has 0 saturated carbocycles. The Morgan fingerprint density at radius 1 is 1.38 bits per heavy atom. The van der Waals surface area contributed by atoms with Crippen molar-refractivity contribution in [1.29, 1.82) is 0 Å². The molecule has 2 rings (SSSR count). The van der Waals surface area contributed by atoms with Gasteiger partial charge in [-0.15, -0.1) is 0 Å². The van der Waals surface area contributed by atoms with Crippen LogP contribution in [0.15, 0.2) is 24.3 Å². The van der Waals surface area contributed by atoms with Gasteiger partial charge in [0.15, 0.2) is 0 Å². The van der Waals surface area contributed by atoms with Gasteiger partial charge in [-0.2, -0.15) is 0 Å². The summed E-state index contributed by atoms with van der Waals surface area (Å²) in [5.74, 6) is 0.554. The predicted molar refractivity (Wildman–Crippen MR) is 84.1 cm³/mol. The van der Waals surface area contributed by atoms with E-state index in [1.807, 2.05) is 18.2 Å². The summed E-state index contributed by atoms with van der Waals surface area (Å²) in [6, 6.07) is 8.13. The Balaban J connectivity index is 1.93. The van der Waals surface area contributed by atoms with Crippen LogP contribution in [0.1, 0.15) is 24.0 Å². The number of methoxy groups -OCH3 is 1. The molecule has 0 amide bonds. The van der Waals surface area contributed by atoms with Crippen molar-refractivity contribution < 1.29 is 9.53 Å². The minimum Gasteiger partial charge on any atom is -0.469 e. The van der Waals surface area contributed by atoms with Crippen LogP contribution in [0.3, 0.4) is 0 Å². The molecule has 1 aromatic rings. The number of nitrogens with one attached hydrogen (secondary N) is 1. The molecule has 1 atom stereocenters.